The zero-order chi connectivity index (χ0) is 14.8. The molecular formula is C15H21FN2O2. The lowest BCUT2D eigenvalue weighted by molar-refractivity contribution is -0.0109. The molecule has 1 aromatic rings. The van der Waals surface area contributed by atoms with E-state index in [-0.39, 0.29) is 12.1 Å². The fourth-order valence-electron chi connectivity index (χ4n) is 2.85. The third-order valence-electron chi connectivity index (χ3n) is 3.88. The highest BCUT2D eigenvalue weighted by molar-refractivity contribution is 5.95. The summed E-state index contributed by atoms with van der Waals surface area (Å²) < 4.78 is 13.6. The van der Waals surface area contributed by atoms with Gasteiger partial charge in [0.2, 0.25) is 0 Å². The third-order valence-corrected chi connectivity index (χ3v) is 3.88. The minimum atomic E-state index is -0.885. The second-order valence-electron chi connectivity index (χ2n) is 5.85. The predicted octanol–water partition coefficient (Wildman–Crippen LogP) is 2.08. The van der Waals surface area contributed by atoms with Gasteiger partial charge in [0.05, 0.1) is 11.2 Å². The molecule has 4 N–H and O–H groups in total. The summed E-state index contributed by atoms with van der Waals surface area (Å²) in [7, 11) is 0. The van der Waals surface area contributed by atoms with Crippen molar-refractivity contribution in [3.05, 3.63) is 29.6 Å². The van der Waals surface area contributed by atoms with Crippen LogP contribution in [0, 0.1) is 11.7 Å². The van der Waals surface area contributed by atoms with Crippen molar-refractivity contribution in [1.29, 1.82) is 0 Å². The average Bonchev–Trinajstić information content (AvgIpc) is 2.39. The number of nitrogens with two attached hydrogens (primary N) is 1. The molecule has 0 aromatic heterocycles. The fraction of sp³-hybridized carbons (Fsp3) is 0.533. The number of benzene rings is 1. The van der Waals surface area contributed by atoms with Crippen LogP contribution in [-0.2, 0) is 0 Å². The summed E-state index contributed by atoms with van der Waals surface area (Å²) in [6.45, 7) is 2.23. The van der Waals surface area contributed by atoms with Crippen molar-refractivity contribution < 1.29 is 14.3 Å². The van der Waals surface area contributed by atoms with E-state index in [4.69, 9.17) is 5.73 Å². The number of amides is 1. The smallest absolute Gasteiger partial charge is 0.254 e. The van der Waals surface area contributed by atoms with Crippen molar-refractivity contribution in [1.82, 2.24) is 5.32 Å². The lowest BCUT2D eigenvalue weighted by Gasteiger charge is -2.35. The molecule has 1 aliphatic carbocycles. The Kier molecular flexibility index (Phi) is 4.28. The van der Waals surface area contributed by atoms with Crippen molar-refractivity contribution in [2.45, 2.75) is 38.2 Å². The molecule has 2 unspecified atom stereocenters. The van der Waals surface area contributed by atoms with Crippen LogP contribution in [0.25, 0.3) is 0 Å². The summed E-state index contributed by atoms with van der Waals surface area (Å²) in [5.41, 5.74) is 4.92. The van der Waals surface area contributed by atoms with Crippen molar-refractivity contribution in [2.75, 3.05) is 12.3 Å². The van der Waals surface area contributed by atoms with Gasteiger partial charge in [-0.3, -0.25) is 4.79 Å². The highest BCUT2D eigenvalue weighted by atomic mass is 19.1. The van der Waals surface area contributed by atoms with Crippen LogP contribution < -0.4 is 11.1 Å². The molecule has 0 bridgehead atoms. The highest BCUT2D eigenvalue weighted by Gasteiger charge is 2.33. The number of rotatable bonds is 3. The number of carbonyl (C=O) groups excluding carboxylic acids is 1. The number of hydrogen-bond acceptors (Lipinski definition) is 3. The summed E-state index contributed by atoms with van der Waals surface area (Å²) in [6.07, 6.45) is 3.37. The van der Waals surface area contributed by atoms with Gasteiger partial charge in [-0.1, -0.05) is 19.8 Å². The number of carbonyl (C=O) groups is 1. The van der Waals surface area contributed by atoms with Crippen LogP contribution in [0.5, 0.6) is 0 Å². The molecule has 1 amide bonds. The van der Waals surface area contributed by atoms with E-state index in [1.54, 1.807) is 0 Å². The van der Waals surface area contributed by atoms with Gasteiger partial charge in [-0.15, -0.1) is 0 Å². The maximum absolute atomic E-state index is 13.6. The van der Waals surface area contributed by atoms with Crippen molar-refractivity contribution in [3.63, 3.8) is 0 Å². The number of halogens is 1. The molecule has 1 fully saturated rings. The van der Waals surface area contributed by atoms with E-state index >= 15 is 0 Å². The molecule has 0 heterocycles. The largest absolute Gasteiger partial charge is 0.399 e. The molecular weight excluding hydrogens is 259 g/mol. The molecule has 0 spiro atoms. The van der Waals surface area contributed by atoms with E-state index in [1.165, 1.54) is 18.2 Å². The van der Waals surface area contributed by atoms with Crippen LogP contribution in [0.15, 0.2) is 18.2 Å². The molecule has 1 aliphatic rings. The molecule has 0 aliphatic heterocycles. The van der Waals surface area contributed by atoms with Gasteiger partial charge in [-0.25, -0.2) is 4.39 Å². The minimum absolute atomic E-state index is 0.0857. The molecule has 1 saturated carbocycles. The molecule has 20 heavy (non-hydrogen) atoms. The Morgan fingerprint density at radius 1 is 1.60 bits per heavy atom. The lowest BCUT2D eigenvalue weighted by Crippen LogP contribution is -2.45. The van der Waals surface area contributed by atoms with E-state index in [0.29, 0.717) is 24.4 Å². The normalized spacial score (nSPS) is 26.2. The maximum Gasteiger partial charge on any atom is 0.254 e. The summed E-state index contributed by atoms with van der Waals surface area (Å²) >= 11 is 0. The maximum atomic E-state index is 13.6. The Bertz CT molecular complexity index is 507. The zero-order valence-electron chi connectivity index (χ0n) is 11.7. The van der Waals surface area contributed by atoms with E-state index in [1.807, 2.05) is 0 Å². The van der Waals surface area contributed by atoms with Crippen LogP contribution in [0.1, 0.15) is 43.0 Å². The Labute approximate surface area is 118 Å². The standard InChI is InChI=1S/C15H21FN2O2/c1-10-3-2-6-15(20,8-10)9-18-14(19)12-7-11(17)4-5-13(12)16/h4-5,7,10,20H,2-3,6,8-9,17H2,1H3,(H,18,19). The first-order valence-electron chi connectivity index (χ1n) is 6.95. The van der Waals surface area contributed by atoms with Crippen LogP contribution in [0.4, 0.5) is 10.1 Å². The SMILES string of the molecule is CC1CCCC(O)(CNC(=O)c2cc(N)ccc2F)C1. The van der Waals surface area contributed by atoms with Crippen molar-refractivity contribution in [2.24, 2.45) is 5.92 Å². The Morgan fingerprint density at radius 2 is 2.35 bits per heavy atom. The monoisotopic (exact) mass is 280 g/mol. The van der Waals surface area contributed by atoms with E-state index < -0.39 is 17.3 Å². The van der Waals surface area contributed by atoms with Gasteiger partial charge < -0.3 is 16.2 Å². The topological polar surface area (TPSA) is 75.3 Å². The molecule has 0 saturated heterocycles. The Morgan fingerprint density at radius 3 is 3.05 bits per heavy atom. The molecule has 4 nitrogen and oxygen atoms in total. The van der Waals surface area contributed by atoms with Crippen LogP contribution in [0.2, 0.25) is 0 Å². The van der Waals surface area contributed by atoms with E-state index in [0.717, 1.165) is 12.8 Å². The number of hydrogen-bond donors (Lipinski definition) is 3. The molecule has 2 atom stereocenters. The number of aliphatic hydroxyl groups is 1. The quantitative estimate of drug-likeness (QED) is 0.742. The molecule has 5 heteroatoms. The van der Waals surface area contributed by atoms with Gasteiger partial charge in [0.15, 0.2) is 0 Å². The van der Waals surface area contributed by atoms with Crippen LogP contribution >= 0.6 is 0 Å². The van der Waals surface area contributed by atoms with Gasteiger partial charge in [-0.2, -0.15) is 0 Å². The van der Waals surface area contributed by atoms with Crippen LogP contribution in [-0.4, -0.2) is 23.2 Å². The van der Waals surface area contributed by atoms with Gasteiger partial charge in [0.1, 0.15) is 5.82 Å². The second kappa shape index (κ2) is 5.79. The minimum Gasteiger partial charge on any atom is -0.399 e. The van der Waals surface area contributed by atoms with Gasteiger partial charge in [0.25, 0.3) is 5.91 Å². The fourth-order valence-corrected chi connectivity index (χ4v) is 2.85. The molecule has 2 rings (SSSR count). The predicted molar refractivity (Wildman–Crippen MR) is 75.7 cm³/mol. The second-order valence-corrected chi connectivity index (χ2v) is 5.85. The van der Waals surface area contributed by atoms with Crippen LogP contribution in [0.3, 0.4) is 0 Å². The van der Waals surface area contributed by atoms with Crippen molar-refractivity contribution >= 4 is 11.6 Å². The Balaban J connectivity index is 1.99. The summed E-state index contributed by atoms with van der Waals surface area (Å²) in [5, 5.41) is 13.0. The summed E-state index contributed by atoms with van der Waals surface area (Å²) in [6, 6.07) is 3.88. The number of nitrogens with one attached hydrogen (secondary N) is 1. The molecule has 1 aromatic carbocycles. The number of anilines is 1. The first-order valence-corrected chi connectivity index (χ1v) is 6.95. The summed E-state index contributed by atoms with van der Waals surface area (Å²) in [4.78, 5) is 12.0. The third kappa shape index (κ3) is 3.48. The van der Waals surface area contributed by atoms with Gasteiger partial charge in [0, 0.05) is 12.2 Å². The lowest BCUT2D eigenvalue weighted by atomic mass is 9.79. The Hall–Kier alpha value is -1.62. The molecule has 110 valence electrons. The number of nitrogen functional groups attached to an aromatic ring is 1. The van der Waals surface area contributed by atoms with Gasteiger partial charge >= 0.3 is 0 Å². The average molecular weight is 280 g/mol. The first-order chi connectivity index (χ1) is 9.39. The summed E-state index contributed by atoms with van der Waals surface area (Å²) in [5.74, 6) is -0.711. The van der Waals surface area contributed by atoms with E-state index in [2.05, 4.69) is 12.2 Å². The first kappa shape index (κ1) is 14.8. The van der Waals surface area contributed by atoms with Gasteiger partial charge in [-0.05, 0) is 37.0 Å². The van der Waals surface area contributed by atoms with Crippen molar-refractivity contribution in [3.8, 4) is 0 Å². The highest BCUT2D eigenvalue weighted by Crippen LogP contribution is 2.31. The molecule has 0 radical (unpaired) electrons. The zero-order valence-corrected chi connectivity index (χ0v) is 11.7. The van der Waals surface area contributed by atoms with E-state index in [9.17, 15) is 14.3 Å².